The molecule has 5 nitrogen and oxygen atoms in total. The summed E-state index contributed by atoms with van der Waals surface area (Å²) in [5.74, 6) is -1.40. The van der Waals surface area contributed by atoms with E-state index in [2.05, 4.69) is 6.92 Å². The van der Waals surface area contributed by atoms with Gasteiger partial charge in [-0.2, -0.15) is 0 Å². The third-order valence-corrected chi connectivity index (χ3v) is 5.02. The van der Waals surface area contributed by atoms with Crippen LogP contribution in [0.1, 0.15) is 67.8 Å². The molecule has 0 aliphatic carbocycles. The van der Waals surface area contributed by atoms with Crippen molar-refractivity contribution in [3.63, 3.8) is 0 Å². The maximum Gasteiger partial charge on any atom is 0.308 e. The molecule has 1 heterocycles. The molecule has 2 rings (SSSR count). The van der Waals surface area contributed by atoms with Gasteiger partial charge in [0.05, 0.1) is 5.92 Å². The van der Waals surface area contributed by atoms with Gasteiger partial charge in [-0.3, -0.25) is 9.59 Å². The van der Waals surface area contributed by atoms with E-state index in [4.69, 9.17) is 10.8 Å². The van der Waals surface area contributed by atoms with E-state index in [0.29, 0.717) is 24.2 Å². The van der Waals surface area contributed by atoms with Crippen molar-refractivity contribution >= 4 is 17.6 Å². The van der Waals surface area contributed by atoms with Gasteiger partial charge >= 0.3 is 5.97 Å². The molecular weight excluding hydrogens is 316 g/mol. The number of amides is 1. The van der Waals surface area contributed by atoms with E-state index in [1.807, 2.05) is 12.1 Å². The highest BCUT2D eigenvalue weighted by atomic mass is 16.4. The number of aryl methyl sites for hydroxylation is 1. The highest BCUT2D eigenvalue weighted by Gasteiger charge is 2.31. The second kappa shape index (κ2) is 9.44. The van der Waals surface area contributed by atoms with Crippen LogP contribution in [0.3, 0.4) is 0 Å². The van der Waals surface area contributed by atoms with Crippen LogP contribution >= 0.6 is 0 Å². The monoisotopic (exact) mass is 346 g/mol. The molecule has 0 radical (unpaired) electrons. The van der Waals surface area contributed by atoms with Gasteiger partial charge in [-0.1, -0.05) is 45.1 Å². The molecule has 3 N–H and O–H groups in total. The fourth-order valence-corrected chi connectivity index (χ4v) is 3.38. The summed E-state index contributed by atoms with van der Waals surface area (Å²) >= 11 is 0. The lowest BCUT2D eigenvalue weighted by atomic mass is 10.0. The Hall–Kier alpha value is -2.04. The third-order valence-electron chi connectivity index (χ3n) is 5.02. The topological polar surface area (TPSA) is 83.6 Å². The number of aliphatic carboxylic acids is 1. The first-order valence-electron chi connectivity index (χ1n) is 9.43. The second-order valence-electron chi connectivity index (χ2n) is 7.01. The van der Waals surface area contributed by atoms with Crippen molar-refractivity contribution in [1.29, 1.82) is 0 Å². The van der Waals surface area contributed by atoms with Crippen molar-refractivity contribution in [2.75, 3.05) is 18.8 Å². The number of unbranched alkanes of at least 4 members (excludes halogenated alkanes) is 5. The highest BCUT2D eigenvalue weighted by Crippen LogP contribution is 2.22. The molecular formula is C20H30N2O3. The van der Waals surface area contributed by atoms with Crippen LogP contribution in [-0.2, 0) is 11.2 Å². The van der Waals surface area contributed by atoms with Gasteiger partial charge in [0.15, 0.2) is 0 Å². The summed E-state index contributed by atoms with van der Waals surface area (Å²) in [5.41, 5.74) is 8.44. The maximum absolute atomic E-state index is 12.5. The summed E-state index contributed by atoms with van der Waals surface area (Å²) in [6.07, 6.45) is 8.92. The predicted octanol–water partition coefficient (Wildman–Crippen LogP) is 3.72. The van der Waals surface area contributed by atoms with Gasteiger partial charge in [0.2, 0.25) is 0 Å². The summed E-state index contributed by atoms with van der Waals surface area (Å²) in [7, 11) is 0. The Morgan fingerprint density at radius 3 is 2.56 bits per heavy atom. The Labute approximate surface area is 150 Å². The Morgan fingerprint density at radius 1 is 1.20 bits per heavy atom. The Bertz CT molecular complexity index is 601. The van der Waals surface area contributed by atoms with Crippen LogP contribution < -0.4 is 5.73 Å². The van der Waals surface area contributed by atoms with Gasteiger partial charge in [-0.15, -0.1) is 0 Å². The molecule has 1 aromatic rings. The molecule has 1 aliphatic rings. The molecule has 0 spiro atoms. The third kappa shape index (κ3) is 5.48. The normalized spacial score (nSPS) is 17.0. The van der Waals surface area contributed by atoms with Gasteiger partial charge in [-0.05, 0) is 37.0 Å². The first-order chi connectivity index (χ1) is 12.0. The van der Waals surface area contributed by atoms with Crippen LogP contribution in [0.2, 0.25) is 0 Å². The lowest BCUT2D eigenvalue weighted by Crippen LogP contribution is -2.30. The molecule has 0 saturated carbocycles. The average Bonchev–Trinajstić information content (AvgIpc) is 3.09. The molecule has 5 heteroatoms. The molecule has 1 aromatic carbocycles. The Kier molecular flexibility index (Phi) is 7.29. The molecule has 1 atom stereocenters. The van der Waals surface area contributed by atoms with Crippen molar-refractivity contribution in [2.24, 2.45) is 5.92 Å². The Morgan fingerprint density at radius 2 is 1.92 bits per heavy atom. The number of benzene rings is 1. The van der Waals surface area contributed by atoms with E-state index in [9.17, 15) is 9.59 Å². The number of nitrogens with two attached hydrogens (primary N) is 1. The maximum atomic E-state index is 12.5. The summed E-state index contributed by atoms with van der Waals surface area (Å²) in [5, 5.41) is 9.06. The molecule has 1 aliphatic heterocycles. The van der Waals surface area contributed by atoms with E-state index < -0.39 is 11.9 Å². The van der Waals surface area contributed by atoms with Gasteiger partial charge in [-0.25, -0.2) is 0 Å². The number of nitrogen functional groups attached to an aromatic ring is 1. The SMILES string of the molecule is CCCCCCCCc1ccc(C(=O)N2CCC(C(=O)O)C2)cc1N. The predicted molar refractivity (Wildman–Crippen MR) is 99.6 cm³/mol. The van der Waals surface area contributed by atoms with Crippen LogP contribution in [0.15, 0.2) is 18.2 Å². The van der Waals surface area contributed by atoms with Gasteiger partial charge in [0.1, 0.15) is 0 Å². The zero-order valence-electron chi connectivity index (χ0n) is 15.2. The average molecular weight is 346 g/mol. The number of hydrogen-bond donors (Lipinski definition) is 2. The van der Waals surface area contributed by atoms with E-state index >= 15 is 0 Å². The van der Waals surface area contributed by atoms with Gasteiger partial charge in [0.25, 0.3) is 5.91 Å². The van der Waals surface area contributed by atoms with Crippen LogP contribution in [0.4, 0.5) is 5.69 Å². The molecule has 1 amide bonds. The van der Waals surface area contributed by atoms with Crippen molar-refractivity contribution < 1.29 is 14.7 Å². The van der Waals surface area contributed by atoms with Crippen molar-refractivity contribution in [1.82, 2.24) is 4.90 Å². The molecule has 0 bridgehead atoms. The number of anilines is 1. The number of carboxylic acids is 1. The van der Waals surface area contributed by atoms with Gasteiger partial charge in [0, 0.05) is 24.3 Å². The minimum atomic E-state index is -0.830. The van der Waals surface area contributed by atoms with E-state index in [1.165, 1.54) is 32.1 Å². The van der Waals surface area contributed by atoms with E-state index in [1.54, 1.807) is 11.0 Å². The molecule has 25 heavy (non-hydrogen) atoms. The quantitative estimate of drug-likeness (QED) is 0.527. The van der Waals surface area contributed by atoms with Crippen molar-refractivity contribution in [3.05, 3.63) is 29.3 Å². The number of carbonyl (C=O) groups is 2. The number of rotatable bonds is 9. The summed E-state index contributed by atoms with van der Waals surface area (Å²) in [4.78, 5) is 25.2. The van der Waals surface area contributed by atoms with Crippen LogP contribution in [0.5, 0.6) is 0 Å². The number of hydrogen-bond acceptors (Lipinski definition) is 3. The lowest BCUT2D eigenvalue weighted by Gasteiger charge is -2.17. The van der Waals surface area contributed by atoms with Crippen LogP contribution in [0.25, 0.3) is 0 Å². The smallest absolute Gasteiger partial charge is 0.308 e. The fraction of sp³-hybridized carbons (Fsp3) is 0.600. The fourth-order valence-electron chi connectivity index (χ4n) is 3.38. The summed E-state index contributed by atoms with van der Waals surface area (Å²) in [6.45, 7) is 3.00. The highest BCUT2D eigenvalue weighted by molar-refractivity contribution is 5.95. The summed E-state index contributed by atoms with van der Waals surface area (Å²) in [6, 6.07) is 5.50. The van der Waals surface area contributed by atoms with E-state index in [0.717, 1.165) is 18.4 Å². The summed E-state index contributed by atoms with van der Waals surface area (Å²) < 4.78 is 0. The first-order valence-corrected chi connectivity index (χ1v) is 9.43. The molecule has 1 unspecified atom stereocenters. The lowest BCUT2D eigenvalue weighted by molar-refractivity contribution is -0.141. The molecule has 0 aromatic heterocycles. The van der Waals surface area contributed by atoms with Crippen LogP contribution in [-0.4, -0.2) is 35.0 Å². The zero-order chi connectivity index (χ0) is 18.2. The van der Waals surface area contributed by atoms with Crippen molar-refractivity contribution in [3.8, 4) is 0 Å². The first kappa shape index (κ1) is 19.3. The number of carboxylic acid groups (broad SMARTS) is 1. The van der Waals surface area contributed by atoms with Crippen molar-refractivity contribution in [2.45, 2.75) is 58.3 Å². The minimum absolute atomic E-state index is 0.124. The largest absolute Gasteiger partial charge is 0.481 e. The number of carbonyl (C=O) groups excluding carboxylic acids is 1. The zero-order valence-corrected chi connectivity index (χ0v) is 15.2. The minimum Gasteiger partial charge on any atom is -0.481 e. The molecule has 138 valence electrons. The number of nitrogens with zero attached hydrogens (tertiary/aromatic N) is 1. The van der Waals surface area contributed by atoms with Crippen LogP contribution in [0, 0.1) is 5.92 Å². The standard InChI is InChI=1S/C20H30N2O3/c1-2-3-4-5-6-7-8-15-9-10-16(13-18(15)21)19(23)22-12-11-17(14-22)20(24)25/h9-10,13,17H,2-8,11-12,14,21H2,1H3,(H,24,25). The number of likely N-dealkylation sites (tertiary alicyclic amines) is 1. The Balaban J connectivity index is 1.86. The van der Waals surface area contributed by atoms with Gasteiger partial charge < -0.3 is 15.7 Å². The molecule has 1 fully saturated rings. The molecule has 1 saturated heterocycles. The second-order valence-corrected chi connectivity index (χ2v) is 7.01. The van der Waals surface area contributed by atoms with E-state index in [-0.39, 0.29) is 12.5 Å².